The number of hydrogen-bond acceptors (Lipinski definition) is 4. The summed E-state index contributed by atoms with van der Waals surface area (Å²) in [6.07, 6.45) is 1.62. The zero-order valence-electron chi connectivity index (χ0n) is 12.8. The molecule has 0 amide bonds. The smallest absolute Gasteiger partial charge is 0.363 e. The molecule has 0 atom stereocenters. The minimum absolute atomic E-state index is 0.230. The summed E-state index contributed by atoms with van der Waals surface area (Å²) in [5.41, 5.74) is 4.55. The first-order valence-electron chi connectivity index (χ1n) is 7.17. The number of nitrogens with zero attached hydrogens (tertiary/aromatic N) is 2. The average Bonchev–Trinajstić information content (AvgIpc) is 2.91. The third-order valence-corrected chi connectivity index (χ3v) is 3.69. The largest absolute Gasteiger partial charge is 0.402 e. The molecule has 2 aromatic carbocycles. The molecule has 2 aromatic rings. The molecule has 1 aliphatic rings. The number of carbonyl (C=O) groups excluding carboxylic acids is 1. The molecule has 0 N–H and O–H groups in total. The molecule has 0 aliphatic carbocycles. The molecule has 0 aromatic heterocycles. The lowest BCUT2D eigenvalue weighted by Gasteiger charge is -2.03. The number of benzene rings is 2. The molecule has 1 heterocycles. The van der Waals surface area contributed by atoms with E-state index in [1.165, 1.54) is 5.56 Å². The van der Waals surface area contributed by atoms with Gasteiger partial charge in [0.2, 0.25) is 5.90 Å². The van der Waals surface area contributed by atoms with Crippen molar-refractivity contribution < 1.29 is 9.53 Å². The van der Waals surface area contributed by atoms with E-state index in [0.29, 0.717) is 11.5 Å². The molecule has 4 nitrogen and oxygen atoms in total. The van der Waals surface area contributed by atoms with Crippen LogP contribution in [0, 0.1) is 25.2 Å². The zero-order chi connectivity index (χ0) is 16.4. The second-order valence-corrected chi connectivity index (χ2v) is 5.37. The Morgan fingerprint density at radius 1 is 1.13 bits per heavy atom. The summed E-state index contributed by atoms with van der Waals surface area (Å²) in [4.78, 5) is 16.3. The van der Waals surface area contributed by atoms with E-state index in [2.05, 4.69) is 11.1 Å². The first-order valence-corrected chi connectivity index (χ1v) is 7.17. The van der Waals surface area contributed by atoms with Gasteiger partial charge in [0.05, 0.1) is 11.6 Å². The van der Waals surface area contributed by atoms with E-state index in [1.54, 1.807) is 24.3 Å². The van der Waals surface area contributed by atoms with Crippen molar-refractivity contribution in [2.45, 2.75) is 13.8 Å². The van der Waals surface area contributed by atoms with Crippen molar-refractivity contribution in [3.05, 3.63) is 76.0 Å². The van der Waals surface area contributed by atoms with Crippen molar-refractivity contribution in [2.24, 2.45) is 4.99 Å². The van der Waals surface area contributed by atoms with E-state index in [4.69, 9.17) is 10.00 Å². The lowest BCUT2D eigenvalue weighted by atomic mass is 10.1. The molecular formula is C19H14N2O2. The lowest BCUT2D eigenvalue weighted by molar-refractivity contribution is -0.129. The van der Waals surface area contributed by atoms with Gasteiger partial charge in [-0.05, 0) is 60.9 Å². The van der Waals surface area contributed by atoms with Crippen LogP contribution in [0.3, 0.4) is 0 Å². The van der Waals surface area contributed by atoms with E-state index in [-0.39, 0.29) is 5.70 Å². The number of esters is 1. The SMILES string of the molecule is Cc1ccc(C2=N/C(=C\c3cccc(C#N)c3)C(=O)O2)cc1C. The van der Waals surface area contributed by atoms with Gasteiger partial charge in [0.15, 0.2) is 5.70 Å². The quantitative estimate of drug-likeness (QED) is 0.630. The van der Waals surface area contributed by atoms with E-state index >= 15 is 0 Å². The van der Waals surface area contributed by atoms with E-state index in [0.717, 1.165) is 16.7 Å². The Balaban J connectivity index is 1.96. The number of hydrogen-bond donors (Lipinski definition) is 0. The van der Waals surface area contributed by atoms with Crippen molar-refractivity contribution >= 4 is 17.9 Å². The van der Waals surface area contributed by atoms with Crippen molar-refractivity contribution in [1.82, 2.24) is 0 Å². The third-order valence-electron chi connectivity index (χ3n) is 3.69. The predicted octanol–water partition coefficient (Wildman–Crippen LogP) is 3.52. The van der Waals surface area contributed by atoms with Crippen molar-refractivity contribution in [3.8, 4) is 6.07 Å². The number of carbonyl (C=O) groups is 1. The Kier molecular flexibility index (Phi) is 3.78. The minimum atomic E-state index is -0.486. The van der Waals surface area contributed by atoms with Crippen LogP contribution in [-0.2, 0) is 9.53 Å². The van der Waals surface area contributed by atoms with Gasteiger partial charge in [-0.3, -0.25) is 0 Å². The van der Waals surface area contributed by atoms with Gasteiger partial charge < -0.3 is 4.74 Å². The Hall–Kier alpha value is -3.19. The van der Waals surface area contributed by atoms with Gasteiger partial charge in [0.1, 0.15) is 0 Å². The molecule has 1 aliphatic heterocycles. The van der Waals surface area contributed by atoms with Crippen LogP contribution in [0.25, 0.3) is 6.08 Å². The van der Waals surface area contributed by atoms with Crippen LogP contribution in [0.2, 0.25) is 0 Å². The van der Waals surface area contributed by atoms with E-state index in [1.807, 2.05) is 38.1 Å². The van der Waals surface area contributed by atoms with Gasteiger partial charge in [-0.25, -0.2) is 9.79 Å². The number of ether oxygens (including phenoxy) is 1. The standard InChI is InChI=1S/C19H14N2O2/c1-12-6-7-16(8-13(12)2)18-21-17(19(22)23-18)10-14-4-3-5-15(9-14)11-20/h3-10H,1-2H3/b17-10-. The van der Waals surface area contributed by atoms with Crippen LogP contribution in [0.5, 0.6) is 0 Å². The van der Waals surface area contributed by atoms with Crippen LogP contribution in [0.4, 0.5) is 0 Å². The number of aryl methyl sites for hydroxylation is 2. The van der Waals surface area contributed by atoms with Crippen LogP contribution in [0.15, 0.2) is 53.2 Å². The summed E-state index contributed by atoms with van der Waals surface area (Å²) in [6.45, 7) is 4.02. The number of cyclic esters (lactones) is 1. The highest BCUT2D eigenvalue weighted by atomic mass is 16.6. The fourth-order valence-corrected chi connectivity index (χ4v) is 2.26. The van der Waals surface area contributed by atoms with Gasteiger partial charge in [-0.2, -0.15) is 5.26 Å². The maximum atomic E-state index is 12.0. The summed E-state index contributed by atoms with van der Waals surface area (Å²) in [7, 11) is 0. The summed E-state index contributed by atoms with van der Waals surface area (Å²) >= 11 is 0. The second kappa shape index (κ2) is 5.90. The van der Waals surface area contributed by atoms with Crippen LogP contribution >= 0.6 is 0 Å². The molecule has 4 heteroatoms. The normalized spacial score (nSPS) is 15.3. The summed E-state index contributed by atoms with van der Waals surface area (Å²) in [5.74, 6) is -0.179. The second-order valence-electron chi connectivity index (χ2n) is 5.37. The molecule has 0 saturated carbocycles. The first kappa shape index (κ1) is 14.7. The Bertz CT molecular complexity index is 902. The molecule has 0 spiro atoms. The van der Waals surface area contributed by atoms with Crippen molar-refractivity contribution in [1.29, 1.82) is 5.26 Å². The Morgan fingerprint density at radius 2 is 1.96 bits per heavy atom. The summed E-state index contributed by atoms with van der Waals surface area (Å²) in [6, 6.07) is 14.8. The molecule has 3 rings (SSSR count). The fraction of sp³-hybridized carbons (Fsp3) is 0.105. The number of rotatable bonds is 2. The zero-order valence-corrected chi connectivity index (χ0v) is 12.8. The van der Waals surface area contributed by atoms with Gasteiger partial charge >= 0.3 is 5.97 Å². The average molecular weight is 302 g/mol. The number of aliphatic imine (C=N–C) groups is 1. The fourth-order valence-electron chi connectivity index (χ4n) is 2.26. The maximum Gasteiger partial charge on any atom is 0.363 e. The molecule has 0 saturated heterocycles. The Morgan fingerprint density at radius 3 is 2.70 bits per heavy atom. The summed E-state index contributed by atoms with van der Waals surface area (Å²) < 4.78 is 5.26. The van der Waals surface area contributed by atoms with E-state index < -0.39 is 5.97 Å². The molecule has 0 unspecified atom stereocenters. The monoisotopic (exact) mass is 302 g/mol. The number of nitriles is 1. The van der Waals surface area contributed by atoms with Crippen LogP contribution < -0.4 is 0 Å². The van der Waals surface area contributed by atoms with Crippen molar-refractivity contribution in [3.63, 3.8) is 0 Å². The highest BCUT2D eigenvalue weighted by Gasteiger charge is 2.24. The molecule has 0 fully saturated rings. The molecule has 23 heavy (non-hydrogen) atoms. The van der Waals surface area contributed by atoms with Gasteiger partial charge in [0.25, 0.3) is 0 Å². The van der Waals surface area contributed by atoms with Gasteiger partial charge in [-0.15, -0.1) is 0 Å². The maximum absolute atomic E-state index is 12.0. The van der Waals surface area contributed by atoms with E-state index in [9.17, 15) is 4.79 Å². The molecule has 0 bridgehead atoms. The van der Waals surface area contributed by atoms with Crippen molar-refractivity contribution in [2.75, 3.05) is 0 Å². The lowest BCUT2D eigenvalue weighted by Crippen LogP contribution is -2.05. The molecular weight excluding hydrogens is 288 g/mol. The molecule has 112 valence electrons. The first-order chi connectivity index (χ1) is 11.1. The topological polar surface area (TPSA) is 62.5 Å². The van der Waals surface area contributed by atoms with Crippen LogP contribution in [0.1, 0.15) is 27.8 Å². The third kappa shape index (κ3) is 3.04. The van der Waals surface area contributed by atoms with Gasteiger partial charge in [-0.1, -0.05) is 18.2 Å². The highest BCUT2D eigenvalue weighted by molar-refractivity contribution is 6.12. The predicted molar refractivity (Wildman–Crippen MR) is 87.7 cm³/mol. The minimum Gasteiger partial charge on any atom is -0.402 e. The highest BCUT2D eigenvalue weighted by Crippen LogP contribution is 2.21. The van der Waals surface area contributed by atoms with Crippen LogP contribution in [-0.4, -0.2) is 11.9 Å². The van der Waals surface area contributed by atoms with Gasteiger partial charge in [0, 0.05) is 5.56 Å². The Labute approximate surface area is 134 Å². The summed E-state index contributed by atoms with van der Waals surface area (Å²) in [5, 5.41) is 8.92. The molecule has 0 radical (unpaired) electrons.